The van der Waals surface area contributed by atoms with Crippen LogP contribution in [0.2, 0.25) is 0 Å². The highest BCUT2D eigenvalue weighted by molar-refractivity contribution is 6.46. The molecule has 2 aromatic carbocycles. The minimum atomic E-state index is -0.813. The topological polar surface area (TPSA) is 96.3 Å². The van der Waals surface area contributed by atoms with Gasteiger partial charge in [-0.15, -0.1) is 0 Å². The van der Waals surface area contributed by atoms with E-state index < -0.39 is 17.7 Å². The third-order valence-electron chi connectivity index (χ3n) is 5.67. The number of carbonyl (C=O) groups is 2. The summed E-state index contributed by atoms with van der Waals surface area (Å²) in [5.74, 6) is -0.839. The molecule has 7 heteroatoms. The van der Waals surface area contributed by atoms with Crippen molar-refractivity contribution < 1.29 is 29.3 Å². The molecule has 0 saturated carbocycles. The van der Waals surface area contributed by atoms with Crippen molar-refractivity contribution in [1.82, 2.24) is 4.90 Å². The zero-order chi connectivity index (χ0) is 24.0. The summed E-state index contributed by atoms with van der Waals surface area (Å²) in [5, 5.41) is 21.4. The van der Waals surface area contributed by atoms with Crippen LogP contribution in [0.15, 0.2) is 48.0 Å². The lowest BCUT2D eigenvalue weighted by Gasteiger charge is -2.25. The number of unbranched alkanes of at least 4 members (excludes halogenated alkanes) is 2. The Balaban J connectivity index is 1.99. The standard InChI is InChI=1S/C26H31NO6/c1-4-6-7-15-33-19-11-8-17(9-12-19)24(29)22-23(27(14-5-2)26(31)25(22)30)18-10-13-21(32-3)20(28)16-18/h8-13,16,23,28-29H,4-7,14-15H2,1-3H3/b24-22-. The molecule has 0 bridgehead atoms. The van der Waals surface area contributed by atoms with Crippen LogP contribution < -0.4 is 9.47 Å². The van der Waals surface area contributed by atoms with Gasteiger partial charge in [0.15, 0.2) is 11.5 Å². The monoisotopic (exact) mass is 453 g/mol. The summed E-state index contributed by atoms with van der Waals surface area (Å²) >= 11 is 0. The lowest BCUT2D eigenvalue weighted by atomic mass is 9.95. The minimum Gasteiger partial charge on any atom is -0.507 e. The number of ketones is 1. The first-order valence-electron chi connectivity index (χ1n) is 11.3. The largest absolute Gasteiger partial charge is 0.507 e. The highest BCUT2D eigenvalue weighted by Gasteiger charge is 2.45. The van der Waals surface area contributed by atoms with Gasteiger partial charge in [0.05, 0.1) is 25.3 Å². The number of benzene rings is 2. The molecule has 7 nitrogen and oxygen atoms in total. The molecule has 2 N–H and O–H groups in total. The van der Waals surface area contributed by atoms with Crippen LogP contribution in [0.3, 0.4) is 0 Å². The number of hydrogen-bond donors (Lipinski definition) is 2. The average Bonchev–Trinajstić information content (AvgIpc) is 3.07. The second-order valence-electron chi connectivity index (χ2n) is 8.00. The number of hydrogen-bond acceptors (Lipinski definition) is 6. The quantitative estimate of drug-likeness (QED) is 0.232. The van der Waals surface area contributed by atoms with E-state index in [2.05, 4.69) is 6.92 Å². The van der Waals surface area contributed by atoms with E-state index in [1.807, 2.05) is 6.92 Å². The van der Waals surface area contributed by atoms with Crippen LogP contribution >= 0.6 is 0 Å². The molecule has 1 aliphatic heterocycles. The number of aliphatic hydroxyl groups excluding tert-OH is 1. The van der Waals surface area contributed by atoms with Gasteiger partial charge in [0.2, 0.25) is 0 Å². The van der Waals surface area contributed by atoms with Crippen molar-refractivity contribution >= 4 is 17.4 Å². The van der Waals surface area contributed by atoms with Crippen LogP contribution in [0.4, 0.5) is 0 Å². The number of amides is 1. The van der Waals surface area contributed by atoms with Crippen LogP contribution in [0.1, 0.15) is 56.7 Å². The molecular weight excluding hydrogens is 422 g/mol. The van der Waals surface area contributed by atoms with E-state index >= 15 is 0 Å². The predicted octanol–water partition coefficient (Wildman–Crippen LogP) is 4.80. The fourth-order valence-corrected chi connectivity index (χ4v) is 3.98. The number of ether oxygens (including phenoxy) is 2. The van der Waals surface area contributed by atoms with Crippen LogP contribution in [0, 0.1) is 0 Å². The number of aliphatic hydroxyl groups is 1. The van der Waals surface area contributed by atoms with Crippen molar-refractivity contribution in [3.8, 4) is 17.2 Å². The van der Waals surface area contributed by atoms with Crippen LogP contribution in [0.5, 0.6) is 17.2 Å². The maximum Gasteiger partial charge on any atom is 0.295 e. The molecule has 0 radical (unpaired) electrons. The second-order valence-corrected chi connectivity index (χ2v) is 8.00. The van der Waals surface area contributed by atoms with Gasteiger partial charge in [0, 0.05) is 12.1 Å². The average molecular weight is 454 g/mol. The van der Waals surface area contributed by atoms with Gasteiger partial charge in [-0.2, -0.15) is 0 Å². The molecule has 33 heavy (non-hydrogen) atoms. The predicted molar refractivity (Wildman–Crippen MR) is 125 cm³/mol. The first-order valence-corrected chi connectivity index (χ1v) is 11.3. The Morgan fingerprint density at radius 3 is 2.36 bits per heavy atom. The van der Waals surface area contributed by atoms with E-state index in [0.717, 1.165) is 19.3 Å². The number of likely N-dealkylation sites (tertiary alicyclic amines) is 1. The zero-order valence-electron chi connectivity index (χ0n) is 19.3. The van der Waals surface area contributed by atoms with E-state index in [4.69, 9.17) is 9.47 Å². The van der Waals surface area contributed by atoms with Crippen molar-refractivity contribution in [1.29, 1.82) is 0 Å². The third kappa shape index (κ3) is 5.13. The van der Waals surface area contributed by atoms with Gasteiger partial charge in [-0.1, -0.05) is 32.8 Å². The molecular formula is C26H31NO6. The lowest BCUT2D eigenvalue weighted by Crippen LogP contribution is -2.30. The van der Waals surface area contributed by atoms with E-state index in [-0.39, 0.29) is 22.8 Å². The summed E-state index contributed by atoms with van der Waals surface area (Å²) in [4.78, 5) is 27.2. The summed E-state index contributed by atoms with van der Waals surface area (Å²) in [6.07, 6.45) is 3.81. The Morgan fingerprint density at radius 1 is 1.03 bits per heavy atom. The molecule has 1 saturated heterocycles. The molecule has 1 unspecified atom stereocenters. The van der Waals surface area contributed by atoms with Crippen molar-refractivity contribution in [3.05, 3.63) is 59.2 Å². The van der Waals surface area contributed by atoms with Crippen LogP contribution in [-0.2, 0) is 9.59 Å². The molecule has 176 valence electrons. The number of phenolic OH excluding ortho intramolecular Hbond substituents is 1. The zero-order valence-corrected chi connectivity index (χ0v) is 19.3. The number of aromatic hydroxyl groups is 1. The second kappa shape index (κ2) is 10.9. The Bertz CT molecular complexity index is 1030. The first kappa shape index (κ1) is 24.2. The molecule has 1 fully saturated rings. The number of nitrogens with zero attached hydrogens (tertiary/aromatic N) is 1. The molecule has 1 atom stereocenters. The van der Waals surface area contributed by atoms with Crippen molar-refractivity contribution in [2.24, 2.45) is 0 Å². The summed E-state index contributed by atoms with van der Waals surface area (Å²) in [7, 11) is 1.44. The van der Waals surface area contributed by atoms with Crippen LogP contribution in [0.25, 0.3) is 5.76 Å². The van der Waals surface area contributed by atoms with Crippen molar-refractivity contribution in [2.75, 3.05) is 20.3 Å². The van der Waals surface area contributed by atoms with Crippen molar-refractivity contribution in [2.45, 2.75) is 45.6 Å². The highest BCUT2D eigenvalue weighted by Crippen LogP contribution is 2.41. The van der Waals surface area contributed by atoms with E-state index in [1.54, 1.807) is 36.4 Å². The number of phenols is 1. The highest BCUT2D eigenvalue weighted by atomic mass is 16.5. The minimum absolute atomic E-state index is 0.00497. The van der Waals surface area contributed by atoms with Gasteiger partial charge < -0.3 is 24.6 Å². The molecule has 0 aliphatic carbocycles. The first-order chi connectivity index (χ1) is 15.9. The van der Waals surface area contributed by atoms with Crippen LogP contribution in [-0.4, -0.2) is 47.1 Å². The Hall–Kier alpha value is -3.48. The Labute approximate surface area is 194 Å². The van der Waals surface area contributed by atoms with E-state index in [9.17, 15) is 19.8 Å². The molecule has 2 aromatic rings. The van der Waals surface area contributed by atoms with Gasteiger partial charge in [0.25, 0.3) is 11.7 Å². The number of Topliss-reactive ketones (excluding diaryl/α,β-unsaturated/α-hetero) is 1. The third-order valence-corrected chi connectivity index (χ3v) is 5.67. The van der Waals surface area contributed by atoms with Gasteiger partial charge in [-0.05, 0) is 54.8 Å². The normalized spacial score (nSPS) is 17.4. The number of carbonyl (C=O) groups excluding carboxylic acids is 2. The fourth-order valence-electron chi connectivity index (χ4n) is 3.98. The Morgan fingerprint density at radius 2 is 1.76 bits per heavy atom. The van der Waals surface area contributed by atoms with Gasteiger partial charge >= 0.3 is 0 Å². The van der Waals surface area contributed by atoms with Gasteiger partial charge in [-0.25, -0.2) is 0 Å². The number of methoxy groups -OCH3 is 1. The van der Waals surface area contributed by atoms with Gasteiger partial charge in [0.1, 0.15) is 11.5 Å². The Kier molecular flexibility index (Phi) is 7.98. The molecule has 3 rings (SSSR count). The summed E-state index contributed by atoms with van der Waals surface area (Å²) in [6.45, 7) is 4.98. The smallest absolute Gasteiger partial charge is 0.295 e. The maximum atomic E-state index is 12.9. The molecule has 0 aromatic heterocycles. The van der Waals surface area contributed by atoms with Gasteiger partial charge in [-0.3, -0.25) is 9.59 Å². The van der Waals surface area contributed by atoms with E-state index in [1.165, 1.54) is 18.1 Å². The fraction of sp³-hybridized carbons (Fsp3) is 0.385. The molecule has 1 heterocycles. The number of rotatable bonds is 10. The summed E-state index contributed by atoms with van der Waals surface area (Å²) in [6, 6.07) is 10.7. The summed E-state index contributed by atoms with van der Waals surface area (Å²) in [5.41, 5.74) is 0.918. The molecule has 1 aliphatic rings. The molecule has 1 amide bonds. The SMILES string of the molecule is CCCCCOc1ccc(/C(O)=C2/C(=O)C(=O)N(CCC)C2c2ccc(OC)c(O)c2)cc1. The summed E-state index contributed by atoms with van der Waals surface area (Å²) < 4.78 is 10.8. The maximum absolute atomic E-state index is 12.9. The lowest BCUT2D eigenvalue weighted by molar-refractivity contribution is -0.139. The molecule has 0 spiro atoms. The van der Waals surface area contributed by atoms with E-state index in [0.29, 0.717) is 36.4 Å². The van der Waals surface area contributed by atoms with Crippen molar-refractivity contribution in [3.63, 3.8) is 0 Å².